The van der Waals surface area contributed by atoms with Gasteiger partial charge in [-0.2, -0.15) is 5.10 Å². The molecule has 0 heterocycles. The first-order valence-electron chi connectivity index (χ1n) is 7.63. The van der Waals surface area contributed by atoms with E-state index in [0.29, 0.717) is 11.3 Å². The van der Waals surface area contributed by atoms with Crippen LogP contribution in [-0.4, -0.2) is 30.4 Å². The van der Waals surface area contributed by atoms with Gasteiger partial charge in [-0.05, 0) is 38.1 Å². The number of nitrogens with one attached hydrogen (secondary N) is 2. The zero-order chi connectivity index (χ0) is 18.4. The number of nitrogens with zero attached hydrogens (tertiary/aromatic N) is 1. The molecule has 0 saturated heterocycles. The number of carbonyl (C=O) groups excluding carboxylic acids is 1. The van der Waals surface area contributed by atoms with E-state index < -0.39 is 6.04 Å². The lowest BCUT2D eigenvalue weighted by Crippen LogP contribution is -2.34. The minimum atomic E-state index is -0.467. The van der Waals surface area contributed by atoms with Crippen molar-refractivity contribution in [3.8, 4) is 11.5 Å². The summed E-state index contributed by atoms with van der Waals surface area (Å²) in [5, 5.41) is 17.0. The van der Waals surface area contributed by atoms with Crippen LogP contribution in [0.3, 0.4) is 0 Å². The van der Waals surface area contributed by atoms with Gasteiger partial charge in [-0.1, -0.05) is 33.6 Å². The van der Waals surface area contributed by atoms with Gasteiger partial charge in [-0.3, -0.25) is 4.79 Å². The van der Waals surface area contributed by atoms with Crippen LogP contribution < -0.4 is 15.5 Å². The molecule has 0 saturated carbocycles. The second-order valence-electron chi connectivity index (χ2n) is 5.51. The molecule has 0 aliphatic heterocycles. The van der Waals surface area contributed by atoms with E-state index in [-0.39, 0.29) is 11.7 Å². The van der Waals surface area contributed by atoms with Crippen LogP contribution in [0.1, 0.15) is 18.1 Å². The summed E-state index contributed by atoms with van der Waals surface area (Å²) in [5.74, 6) is -0.0237. The Hall–Kier alpha value is -2.54. The van der Waals surface area contributed by atoms with Crippen LogP contribution in [0, 0.1) is 6.92 Å². The van der Waals surface area contributed by atoms with E-state index in [1.165, 1.54) is 13.3 Å². The summed E-state index contributed by atoms with van der Waals surface area (Å²) in [6, 6.07) is 10.6. The summed E-state index contributed by atoms with van der Waals surface area (Å²) in [6.07, 6.45) is 1.36. The molecule has 0 spiro atoms. The molecule has 2 aromatic rings. The fraction of sp³-hybridized carbons (Fsp3) is 0.222. The van der Waals surface area contributed by atoms with Gasteiger partial charge in [0.25, 0.3) is 5.91 Å². The Morgan fingerprint density at radius 2 is 2.00 bits per heavy atom. The van der Waals surface area contributed by atoms with Crippen molar-refractivity contribution in [2.75, 3.05) is 12.4 Å². The van der Waals surface area contributed by atoms with E-state index in [1.807, 2.05) is 31.2 Å². The number of halogens is 1. The monoisotopic (exact) mass is 405 g/mol. The SMILES string of the molecule is COc1cc(Br)cc(C=NNC(=O)C(C)Nc2ccc(C)cc2)c1O. The van der Waals surface area contributed by atoms with E-state index in [1.54, 1.807) is 19.1 Å². The van der Waals surface area contributed by atoms with Crippen LogP contribution >= 0.6 is 15.9 Å². The van der Waals surface area contributed by atoms with Gasteiger partial charge >= 0.3 is 0 Å². The molecule has 3 N–H and O–H groups in total. The van der Waals surface area contributed by atoms with Crippen LogP contribution in [0.25, 0.3) is 0 Å². The molecule has 0 aliphatic rings. The summed E-state index contributed by atoms with van der Waals surface area (Å²) in [5.41, 5.74) is 4.87. The zero-order valence-electron chi connectivity index (χ0n) is 14.2. The Morgan fingerprint density at radius 1 is 1.32 bits per heavy atom. The highest BCUT2D eigenvalue weighted by Crippen LogP contribution is 2.32. The predicted octanol–water partition coefficient (Wildman–Crippen LogP) is 3.42. The summed E-state index contributed by atoms with van der Waals surface area (Å²) in [4.78, 5) is 12.1. The molecule has 25 heavy (non-hydrogen) atoms. The van der Waals surface area contributed by atoms with Crippen molar-refractivity contribution in [1.82, 2.24) is 5.43 Å². The Kier molecular flexibility index (Phi) is 6.41. The van der Waals surface area contributed by atoms with Gasteiger partial charge in [-0.15, -0.1) is 0 Å². The number of phenols is 1. The summed E-state index contributed by atoms with van der Waals surface area (Å²) in [7, 11) is 1.46. The largest absolute Gasteiger partial charge is 0.504 e. The van der Waals surface area contributed by atoms with E-state index in [0.717, 1.165) is 15.7 Å². The molecule has 0 aliphatic carbocycles. The minimum absolute atomic E-state index is 0.0467. The number of hydrazone groups is 1. The van der Waals surface area contributed by atoms with Crippen LogP contribution in [-0.2, 0) is 4.79 Å². The first-order chi connectivity index (χ1) is 11.9. The Labute approximate surface area is 155 Å². The van der Waals surface area contributed by atoms with E-state index >= 15 is 0 Å². The number of methoxy groups -OCH3 is 1. The number of aromatic hydroxyl groups is 1. The molecule has 6 nitrogen and oxygen atoms in total. The lowest BCUT2D eigenvalue weighted by Gasteiger charge is -2.13. The van der Waals surface area contributed by atoms with Crippen molar-refractivity contribution in [2.24, 2.45) is 5.10 Å². The van der Waals surface area contributed by atoms with Gasteiger partial charge < -0.3 is 15.2 Å². The maximum atomic E-state index is 12.1. The third-order valence-corrected chi connectivity index (χ3v) is 3.95. The Balaban J connectivity index is 1.98. The van der Waals surface area contributed by atoms with E-state index in [9.17, 15) is 9.90 Å². The molecule has 0 radical (unpaired) electrons. The fourth-order valence-corrected chi connectivity index (χ4v) is 2.53. The van der Waals surface area contributed by atoms with Crippen molar-refractivity contribution in [2.45, 2.75) is 19.9 Å². The van der Waals surface area contributed by atoms with Crippen molar-refractivity contribution in [1.29, 1.82) is 0 Å². The van der Waals surface area contributed by atoms with Crippen LogP contribution in [0.15, 0.2) is 46.0 Å². The first-order valence-corrected chi connectivity index (χ1v) is 8.42. The Morgan fingerprint density at radius 3 is 2.64 bits per heavy atom. The normalized spacial score (nSPS) is 12.0. The lowest BCUT2D eigenvalue weighted by atomic mass is 10.2. The van der Waals surface area contributed by atoms with Gasteiger partial charge in [-0.25, -0.2) is 5.43 Å². The average molecular weight is 406 g/mol. The molecule has 7 heteroatoms. The van der Waals surface area contributed by atoms with Crippen molar-refractivity contribution in [3.63, 3.8) is 0 Å². The van der Waals surface area contributed by atoms with Crippen LogP contribution in [0.5, 0.6) is 11.5 Å². The van der Waals surface area contributed by atoms with Gasteiger partial charge in [0.05, 0.1) is 13.3 Å². The second kappa shape index (κ2) is 8.53. The number of hydrogen-bond acceptors (Lipinski definition) is 5. The van der Waals surface area contributed by atoms with Crippen LogP contribution in [0.2, 0.25) is 0 Å². The minimum Gasteiger partial charge on any atom is -0.504 e. The molecule has 0 aromatic heterocycles. The number of aryl methyl sites for hydroxylation is 1. The molecule has 0 fully saturated rings. The third kappa shape index (κ3) is 5.22. The molecule has 1 unspecified atom stereocenters. The number of hydrogen-bond donors (Lipinski definition) is 3. The summed E-state index contributed by atoms with van der Waals surface area (Å²) < 4.78 is 5.79. The van der Waals surface area contributed by atoms with Gasteiger partial charge in [0.15, 0.2) is 11.5 Å². The van der Waals surface area contributed by atoms with Crippen molar-refractivity contribution < 1.29 is 14.6 Å². The van der Waals surface area contributed by atoms with Gasteiger partial charge in [0.2, 0.25) is 0 Å². The molecule has 132 valence electrons. The predicted molar refractivity (Wildman–Crippen MR) is 102 cm³/mol. The number of amides is 1. The number of benzene rings is 2. The lowest BCUT2D eigenvalue weighted by molar-refractivity contribution is -0.121. The van der Waals surface area contributed by atoms with Crippen LogP contribution in [0.4, 0.5) is 5.69 Å². The molecular weight excluding hydrogens is 386 g/mol. The van der Waals surface area contributed by atoms with Crippen molar-refractivity contribution >= 4 is 33.7 Å². The maximum absolute atomic E-state index is 12.1. The molecule has 2 aromatic carbocycles. The van der Waals surface area contributed by atoms with Gasteiger partial charge in [0.1, 0.15) is 6.04 Å². The average Bonchev–Trinajstić information content (AvgIpc) is 2.59. The first kappa shape index (κ1) is 18.8. The third-order valence-electron chi connectivity index (χ3n) is 3.50. The highest BCUT2D eigenvalue weighted by atomic mass is 79.9. The summed E-state index contributed by atoms with van der Waals surface area (Å²) >= 11 is 3.32. The molecule has 1 amide bonds. The smallest absolute Gasteiger partial charge is 0.262 e. The number of ether oxygens (including phenoxy) is 1. The number of phenolic OH excluding ortho intramolecular Hbond substituents is 1. The number of rotatable bonds is 6. The van der Waals surface area contributed by atoms with E-state index in [2.05, 4.69) is 31.8 Å². The number of carbonyl (C=O) groups is 1. The Bertz CT molecular complexity index is 776. The van der Waals surface area contributed by atoms with Gasteiger partial charge in [0, 0.05) is 15.7 Å². The number of anilines is 1. The van der Waals surface area contributed by atoms with E-state index in [4.69, 9.17) is 4.74 Å². The fourth-order valence-electron chi connectivity index (χ4n) is 2.08. The summed E-state index contributed by atoms with van der Waals surface area (Å²) in [6.45, 7) is 3.74. The quantitative estimate of drug-likeness (QED) is 0.507. The molecule has 2 rings (SSSR count). The topological polar surface area (TPSA) is 83.0 Å². The van der Waals surface area contributed by atoms with Crippen molar-refractivity contribution in [3.05, 3.63) is 52.0 Å². The second-order valence-corrected chi connectivity index (χ2v) is 6.43. The molecular formula is C18H20BrN3O3. The standard InChI is InChI=1S/C18H20BrN3O3/c1-11-4-6-15(7-5-11)21-12(2)18(24)22-20-10-13-8-14(19)9-16(25-3)17(13)23/h4-10,12,21,23H,1-3H3,(H,22,24). The highest BCUT2D eigenvalue weighted by molar-refractivity contribution is 9.10. The molecule has 0 bridgehead atoms. The maximum Gasteiger partial charge on any atom is 0.262 e. The zero-order valence-corrected chi connectivity index (χ0v) is 15.8. The molecule has 1 atom stereocenters. The highest BCUT2D eigenvalue weighted by Gasteiger charge is 2.12.